The number of ketones is 3. The molecule has 4 N–H and O–H groups in total. The summed E-state index contributed by atoms with van der Waals surface area (Å²) in [5.74, 6) is -7.68. The van der Waals surface area contributed by atoms with Gasteiger partial charge in [0.1, 0.15) is 29.0 Å². The van der Waals surface area contributed by atoms with Crippen LogP contribution in [-0.4, -0.2) is 104 Å². The number of phenols is 2. The quantitative estimate of drug-likeness (QED) is 0.200. The molecule has 2 aliphatic heterocycles. The number of alkyl halides is 3. The number of fused-ring (bicyclic) bond motifs is 3. The van der Waals surface area contributed by atoms with Crippen LogP contribution in [0, 0.1) is 0 Å². The first-order chi connectivity index (χ1) is 25.8. The maximum atomic E-state index is 13.9. The number of carbonyl (C=O) groups excluding carboxylic acids is 5. The molecule has 1 radical (unpaired) electrons. The maximum Gasteiger partial charge on any atom is 0.471 e. The topological polar surface area (TPSA) is 218 Å². The molecule has 1 saturated heterocycles. The summed E-state index contributed by atoms with van der Waals surface area (Å²) in [6.07, 6.45) is -12.0. The summed E-state index contributed by atoms with van der Waals surface area (Å²) in [7, 11) is 1.26. The first-order valence-electron chi connectivity index (χ1n) is 17.6. The molecule has 0 spiro atoms. The third-order valence-corrected chi connectivity index (χ3v) is 10.9. The van der Waals surface area contributed by atoms with Gasteiger partial charge in [-0.2, -0.15) is 13.2 Å². The van der Waals surface area contributed by atoms with Crippen LogP contribution in [0.2, 0.25) is 0 Å². The number of aromatic hydroxyl groups is 2. The molecule has 4 aliphatic rings. The van der Waals surface area contributed by atoms with E-state index in [1.807, 2.05) is 5.32 Å². The lowest BCUT2D eigenvalue weighted by atomic mass is 9.72. The number of ether oxygens (including phenoxy) is 4. The number of rotatable bonds is 7. The molecule has 2 aromatic rings. The van der Waals surface area contributed by atoms with Crippen molar-refractivity contribution in [3.8, 4) is 17.2 Å². The van der Waals surface area contributed by atoms with E-state index in [0.717, 1.165) is 6.92 Å². The average Bonchev–Trinajstić information content (AvgIpc) is 3.27. The van der Waals surface area contributed by atoms with Gasteiger partial charge in [-0.1, -0.05) is 12.1 Å². The van der Waals surface area contributed by atoms with Gasteiger partial charge in [0, 0.05) is 36.0 Å². The highest BCUT2D eigenvalue weighted by Gasteiger charge is 2.53. The van der Waals surface area contributed by atoms with Crippen molar-refractivity contribution in [2.45, 2.75) is 114 Å². The number of nitrogens with zero attached hydrogens (tertiary/aromatic N) is 1. The normalized spacial score (nSPS) is 28.1. The Hall–Kier alpha value is -4.88. The Bertz CT molecular complexity index is 2090. The Morgan fingerprint density at radius 2 is 1.66 bits per heavy atom. The fraction of sp³-hybridized carbons (Fsp3) is 0.500. The van der Waals surface area contributed by atoms with E-state index in [-0.39, 0.29) is 33.6 Å². The number of phenolic OH excluding ortho intramolecular Hbond substituents is 2. The van der Waals surface area contributed by atoms with E-state index in [0.29, 0.717) is 5.06 Å². The van der Waals surface area contributed by atoms with Crippen LogP contribution in [0.1, 0.15) is 103 Å². The number of carbonyl (C=O) groups is 5. The van der Waals surface area contributed by atoms with Crippen LogP contribution in [0.4, 0.5) is 13.2 Å². The van der Waals surface area contributed by atoms with Crippen molar-refractivity contribution in [2.24, 2.45) is 0 Å². The molecule has 0 bridgehead atoms. The number of Topliss-reactive ketones (excluding diaryl/α,β-unsaturated/α-hetero) is 1. The second-order valence-corrected chi connectivity index (χ2v) is 15.5. The van der Waals surface area contributed by atoms with Crippen LogP contribution in [-0.2, 0) is 40.2 Å². The molecule has 6 rings (SSSR count). The minimum Gasteiger partial charge on any atom is -0.507 e. The second kappa shape index (κ2) is 13.7. The molecule has 15 nitrogen and oxygen atoms in total. The van der Waals surface area contributed by atoms with Crippen LogP contribution in [0.5, 0.6) is 17.2 Å². The summed E-state index contributed by atoms with van der Waals surface area (Å²) < 4.78 is 63.8. The van der Waals surface area contributed by atoms with Gasteiger partial charge in [-0.15, -0.1) is 10.3 Å². The van der Waals surface area contributed by atoms with E-state index >= 15 is 0 Å². The zero-order valence-electron chi connectivity index (χ0n) is 31.3. The molecule has 56 heavy (non-hydrogen) atoms. The lowest BCUT2D eigenvalue weighted by Gasteiger charge is -2.43. The minimum atomic E-state index is -5.37. The summed E-state index contributed by atoms with van der Waals surface area (Å²) in [5, 5.41) is 50.2. The lowest BCUT2D eigenvalue weighted by Crippen LogP contribution is -2.59. The van der Waals surface area contributed by atoms with Gasteiger partial charge in [0.2, 0.25) is 5.78 Å². The molecular formula is C38H40F3N2O13. The molecule has 1 fully saturated rings. The molecule has 18 heteroatoms. The van der Waals surface area contributed by atoms with Gasteiger partial charge in [0.25, 0.3) is 0 Å². The van der Waals surface area contributed by atoms with Crippen LogP contribution >= 0.6 is 0 Å². The molecule has 0 unspecified atom stereocenters. The molecule has 6 atom stereocenters. The van der Waals surface area contributed by atoms with E-state index in [1.165, 1.54) is 52.2 Å². The summed E-state index contributed by atoms with van der Waals surface area (Å²) in [4.78, 5) is 66.3. The fourth-order valence-electron chi connectivity index (χ4n) is 8.10. The van der Waals surface area contributed by atoms with E-state index < -0.39 is 125 Å². The smallest absolute Gasteiger partial charge is 0.471 e. The second-order valence-electron chi connectivity index (χ2n) is 15.5. The molecule has 2 aliphatic carbocycles. The number of aliphatic hydroxyl groups is 1. The van der Waals surface area contributed by atoms with Crippen LogP contribution < -0.4 is 10.1 Å². The summed E-state index contributed by atoms with van der Waals surface area (Å²) >= 11 is 0. The van der Waals surface area contributed by atoms with Gasteiger partial charge < -0.3 is 39.6 Å². The number of halogens is 3. The Balaban J connectivity index is 1.38. The van der Waals surface area contributed by atoms with Crippen LogP contribution in [0.3, 0.4) is 0 Å². The van der Waals surface area contributed by atoms with Crippen molar-refractivity contribution >= 4 is 29.2 Å². The average molecular weight is 790 g/mol. The fourth-order valence-corrected chi connectivity index (χ4v) is 8.10. The van der Waals surface area contributed by atoms with Gasteiger partial charge in [0.15, 0.2) is 17.9 Å². The summed E-state index contributed by atoms with van der Waals surface area (Å²) in [6.45, 7) is 8.38. The van der Waals surface area contributed by atoms with Gasteiger partial charge in [-0.05, 0) is 53.7 Å². The van der Waals surface area contributed by atoms with Gasteiger partial charge >= 0.3 is 18.1 Å². The van der Waals surface area contributed by atoms with Crippen molar-refractivity contribution < 1.29 is 76.6 Å². The summed E-state index contributed by atoms with van der Waals surface area (Å²) in [6, 6.07) is 2.52. The van der Waals surface area contributed by atoms with Gasteiger partial charge in [-0.25, -0.2) is 4.79 Å². The monoisotopic (exact) mass is 789 g/mol. The van der Waals surface area contributed by atoms with Crippen molar-refractivity contribution in [3.63, 3.8) is 0 Å². The predicted molar refractivity (Wildman–Crippen MR) is 183 cm³/mol. The SMILES string of the molecule is COc1cccc2c1C(=O)c1c(O)c3c(c(O)c1C2=O)C[C@@](O)(C(C)=O)C[C@@H]3O[C@H]1C[C@H](NC(=O)C(F)(F)F)[C@@H](OC(=O)C2=CC(C)(C)N([O])C2(C)C)[C@H](C)O1. The number of amides is 1. The maximum absolute atomic E-state index is 13.9. The van der Waals surface area contributed by atoms with E-state index in [2.05, 4.69) is 0 Å². The molecule has 0 aromatic heterocycles. The number of hydrogen-bond donors (Lipinski definition) is 4. The summed E-state index contributed by atoms with van der Waals surface area (Å²) in [5.41, 5.74) is -7.09. The van der Waals surface area contributed by atoms with Crippen molar-refractivity contribution in [1.29, 1.82) is 0 Å². The van der Waals surface area contributed by atoms with Crippen LogP contribution in [0.15, 0.2) is 29.8 Å². The zero-order valence-corrected chi connectivity index (χ0v) is 31.3. The number of methoxy groups -OCH3 is 1. The highest BCUT2D eigenvalue weighted by molar-refractivity contribution is 6.31. The van der Waals surface area contributed by atoms with E-state index in [4.69, 9.17) is 18.9 Å². The number of benzene rings is 2. The lowest BCUT2D eigenvalue weighted by molar-refractivity contribution is -0.255. The van der Waals surface area contributed by atoms with Crippen molar-refractivity contribution in [2.75, 3.05) is 7.11 Å². The third-order valence-electron chi connectivity index (χ3n) is 10.9. The standard InChI is InChI=1S/C38H40F3N2O13/c1-15-32(56-33(49)19-13-35(3,4)43(52)36(19,5)6)20(42-34(50)38(39,40)41)11-23(54-15)55-22-14-37(51,16(2)44)12-18-25(22)31(48)27-26(29(18)46)28(45)17-9-8-10-21(53-7)24(17)30(27)47/h8-10,13,15,20,22-23,32,46,48,51H,11-12,14H2,1-7H3,(H,42,50)/t15-,20-,22-,23-,32-,37-/m0/s1. The molecule has 0 saturated carbocycles. The predicted octanol–water partition coefficient (Wildman–Crippen LogP) is 3.44. The Labute approximate surface area is 317 Å². The minimum absolute atomic E-state index is 0.00416. The highest BCUT2D eigenvalue weighted by atomic mass is 19.4. The van der Waals surface area contributed by atoms with Crippen molar-refractivity contribution in [1.82, 2.24) is 10.4 Å². The Kier molecular flexibility index (Phi) is 9.94. The number of nitrogens with one attached hydrogen (secondary N) is 1. The third kappa shape index (κ3) is 6.52. The number of esters is 1. The van der Waals surface area contributed by atoms with Gasteiger partial charge in [-0.3, -0.25) is 19.2 Å². The Morgan fingerprint density at radius 3 is 2.23 bits per heavy atom. The first kappa shape index (κ1) is 40.8. The van der Waals surface area contributed by atoms with Crippen LogP contribution in [0.25, 0.3) is 0 Å². The Morgan fingerprint density at radius 1 is 1.02 bits per heavy atom. The van der Waals surface area contributed by atoms with Gasteiger partial charge in [0.05, 0.1) is 58.7 Å². The largest absolute Gasteiger partial charge is 0.507 e. The first-order valence-corrected chi connectivity index (χ1v) is 17.6. The molecular weight excluding hydrogens is 749 g/mol. The molecule has 1 amide bonds. The molecule has 301 valence electrons. The number of hydrogen-bond acceptors (Lipinski definition) is 13. The molecule has 2 heterocycles. The number of hydroxylamine groups is 2. The zero-order chi connectivity index (χ0) is 41.6. The molecule has 2 aromatic carbocycles. The van der Waals surface area contributed by atoms with E-state index in [1.54, 1.807) is 13.8 Å². The van der Waals surface area contributed by atoms with E-state index in [9.17, 15) is 57.7 Å². The van der Waals surface area contributed by atoms with Crippen molar-refractivity contribution in [3.05, 3.63) is 63.2 Å². The highest BCUT2D eigenvalue weighted by Crippen LogP contribution is 2.53.